The van der Waals surface area contributed by atoms with Crippen LogP contribution < -0.4 is 5.73 Å². The monoisotopic (exact) mass is 248 g/mol. The van der Waals surface area contributed by atoms with E-state index in [1.165, 1.54) is 37.9 Å². The van der Waals surface area contributed by atoms with E-state index in [0.29, 0.717) is 6.04 Å². The zero-order valence-corrected chi connectivity index (χ0v) is 11.3. The summed E-state index contributed by atoms with van der Waals surface area (Å²) in [6, 6.07) is 0.437. The standard InChI is InChI=1S/C14H24N4/c1-2-18-8-11(6-16-18)7-17-9-12-4-3-5-14(15)13(12)10-17/h6,8,12-14H,2-5,7,9-10,15H2,1H3. The second-order valence-corrected chi connectivity index (χ2v) is 5.92. The smallest absolute Gasteiger partial charge is 0.0534 e. The van der Waals surface area contributed by atoms with E-state index in [0.717, 1.165) is 24.9 Å². The van der Waals surface area contributed by atoms with Crippen LogP contribution in [-0.4, -0.2) is 33.8 Å². The molecular formula is C14H24N4. The van der Waals surface area contributed by atoms with Crippen molar-refractivity contribution in [2.24, 2.45) is 17.6 Å². The van der Waals surface area contributed by atoms with Gasteiger partial charge in [-0.2, -0.15) is 5.10 Å². The number of aryl methyl sites for hydroxylation is 1. The van der Waals surface area contributed by atoms with E-state index in [2.05, 4.69) is 23.1 Å². The number of nitrogens with zero attached hydrogens (tertiary/aromatic N) is 3. The molecule has 4 nitrogen and oxygen atoms in total. The predicted molar refractivity (Wildman–Crippen MR) is 72.0 cm³/mol. The molecule has 2 fully saturated rings. The Morgan fingerprint density at radius 1 is 1.39 bits per heavy atom. The summed E-state index contributed by atoms with van der Waals surface area (Å²) in [5, 5.41) is 4.35. The van der Waals surface area contributed by atoms with E-state index in [1.807, 2.05) is 10.9 Å². The van der Waals surface area contributed by atoms with Gasteiger partial charge in [0.05, 0.1) is 6.20 Å². The van der Waals surface area contributed by atoms with Gasteiger partial charge in [-0.05, 0) is 31.6 Å². The first kappa shape index (κ1) is 12.2. The Labute approximate surface area is 109 Å². The van der Waals surface area contributed by atoms with E-state index >= 15 is 0 Å². The van der Waals surface area contributed by atoms with Gasteiger partial charge in [0.1, 0.15) is 0 Å². The molecule has 0 aromatic carbocycles. The van der Waals surface area contributed by atoms with Crippen LogP contribution in [0.4, 0.5) is 0 Å². The number of fused-ring (bicyclic) bond motifs is 1. The molecule has 1 saturated carbocycles. The second-order valence-electron chi connectivity index (χ2n) is 5.92. The maximum atomic E-state index is 6.26. The van der Waals surface area contributed by atoms with Crippen molar-refractivity contribution >= 4 is 0 Å². The highest BCUT2D eigenvalue weighted by Crippen LogP contribution is 2.35. The molecule has 3 unspecified atom stereocenters. The molecule has 0 amide bonds. The molecule has 3 atom stereocenters. The Hall–Kier alpha value is -0.870. The van der Waals surface area contributed by atoms with E-state index in [4.69, 9.17) is 5.73 Å². The molecule has 1 aliphatic carbocycles. The minimum atomic E-state index is 0.437. The fourth-order valence-corrected chi connectivity index (χ4v) is 3.66. The minimum absolute atomic E-state index is 0.437. The fourth-order valence-electron chi connectivity index (χ4n) is 3.66. The fraction of sp³-hybridized carbons (Fsp3) is 0.786. The molecule has 1 aromatic rings. The molecule has 3 rings (SSSR count). The summed E-state index contributed by atoms with van der Waals surface area (Å²) in [5.74, 6) is 1.58. The summed E-state index contributed by atoms with van der Waals surface area (Å²) < 4.78 is 2.00. The van der Waals surface area contributed by atoms with Crippen LogP contribution in [0.2, 0.25) is 0 Å². The summed E-state index contributed by atoms with van der Waals surface area (Å²) in [7, 11) is 0. The SMILES string of the molecule is CCn1cc(CN2CC3CCCC(N)C3C2)cn1. The molecule has 1 aliphatic heterocycles. The van der Waals surface area contributed by atoms with Gasteiger partial charge in [-0.3, -0.25) is 9.58 Å². The van der Waals surface area contributed by atoms with Crippen molar-refractivity contribution in [2.45, 2.75) is 45.3 Å². The molecule has 1 saturated heterocycles. The van der Waals surface area contributed by atoms with Crippen LogP contribution in [-0.2, 0) is 13.1 Å². The zero-order chi connectivity index (χ0) is 12.5. The third kappa shape index (κ3) is 2.31. The average molecular weight is 248 g/mol. The molecule has 0 spiro atoms. The Kier molecular flexibility index (Phi) is 3.39. The third-order valence-electron chi connectivity index (χ3n) is 4.65. The van der Waals surface area contributed by atoms with Crippen molar-refractivity contribution in [3.8, 4) is 0 Å². The van der Waals surface area contributed by atoms with Crippen LogP contribution in [0.5, 0.6) is 0 Å². The molecule has 2 N–H and O–H groups in total. The van der Waals surface area contributed by atoms with Crippen molar-refractivity contribution in [1.82, 2.24) is 14.7 Å². The number of rotatable bonds is 3. The lowest BCUT2D eigenvalue weighted by Gasteiger charge is -2.29. The number of hydrogen-bond acceptors (Lipinski definition) is 3. The van der Waals surface area contributed by atoms with Gasteiger partial charge in [-0.15, -0.1) is 0 Å². The molecule has 0 bridgehead atoms. The average Bonchev–Trinajstić information content (AvgIpc) is 2.96. The van der Waals surface area contributed by atoms with E-state index in [1.54, 1.807) is 0 Å². The van der Waals surface area contributed by atoms with Gasteiger partial charge >= 0.3 is 0 Å². The largest absolute Gasteiger partial charge is 0.327 e. The van der Waals surface area contributed by atoms with Gasteiger partial charge in [0.2, 0.25) is 0 Å². The summed E-state index contributed by atoms with van der Waals surface area (Å²) in [5.41, 5.74) is 7.60. The van der Waals surface area contributed by atoms with Crippen molar-refractivity contribution in [3.63, 3.8) is 0 Å². The van der Waals surface area contributed by atoms with Crippen LogP contribution in [0, 0.1) is 11.8 Å². The zero-order valence-electron chi connectivity index (χ0n) is 11.3. The van der Waals surface area contributed by atoms with Crippen LogP contribution in [0.1, 0.15) is 31.7 Å². The van der Waals surface area contributed by atoms with Gasteiger partial charge in [0.25, 0.3) is 0 Å². The lowest BCUT2D eigenvalue weighted by Crippen LogP contribution is -2.38. The Bertz CT molecular complexity index is 400. The van der Waals surface area contributed by atoms with Crippen molar-refractivity contribution in [3.05, 3.63) is 18.0 Å². The minimum Gasteiger partial charge on any atom is -0.327 e. The number of aromatic nitrogens is 2. The maximum absolute atomic E-state index is 6.26. The lowest BCUT2D eigenvalue weighted by atomic mass is 9.78. The van der Waals surface area contributed by atoms with Gasteiger partial charge in [0.15, 0.2) is 0 Å². The van der Waals surface area contributed by atoms with Gasteiger partial charge in [-0.1, -0.05) is 6.42 Å². The van der Waals surface area contributed by atoms with E-state index in [-0.39, 0.29) is 0 Å². The lowest BCUT2D eigenvalue weighted by molar-refractivity contribution is 0.259. The Morgan fingerprint density at radius 2 is 2.28 bits per heavy atom. The first-order chi connectivity index (χ1) is 8.76. The predicted octanol–water partition coefficient (Wildman–Crippen LogP) is 1.46. The van der Waals surface area contributed by atoms with Crippen LogP contribution in [0.25, 0.3) is 0 Å². The van der Waals surface area contributed by atoms with Crippen molar-refractivity contribution < 1.29 is 0 Å². The normalized spacial score (nSPS) is 32.7. The first-order valence-electron chi connectivity index (χ1n) is 7.25. The number of hydrogen-bond donors (Lipinski definition) is 1. The molecule has 1 aromatic heterocycles. The number of likely N-dealkylation sites (tertiary alicyclic amines) is 1. The third-order valence-corrected chi connectivity index (χ3v) is 4.65. The van der Waals surface area contributed by atoms with E-state index in [9.17, 15) is 0 Å². The Balaban J connectivity index is 1.61. The summed E-state index contributed by atoms with van der Waals surface area (Å²) in [6.07, 6.45) is 8.10. The van der Waals surface area contributed by atoms with Crippen molar-refractivity contribution in [2.75, 3.05) is 13.1 Å². The molecule has 2 aliphatic rings. The highest BCUT2D eigenvalue weighted by atomic mass is 15.3. The summed E-state index contributed by atoms with van der Waals surface area (Å²) in [4.78, 5) is 2.57. The maximum Gasteiger partial charge on any atom is 0.0534 e. The molecule has 2 heterocycles. The topological polar surface area (TPSA) is 47.1 Å². The van der Waals surface area contributed by atoms with Gasteiger partial charge in [-0.25, -0.2) is 0 Å². The van der Waals surface area contributed by atoms with Gasteiger partial charge in [0, 0.05) is 44.0 Å². The first-order valence-corrected chi connectivity index (χ1v) is 7.25. The molecule has 0 radical (unpaired) electrons. The molecule has 100 valence electrons. The number of nitrogens with two attached hydrogens (primary N) is 1. The van der Waals surface area contributed by atoms with Crippen LogP contribution in [0.15, 0.2) is 12.4 Å². The highest BCUT2D eigenvalue weighted by Gasteiger charge is 2.38. The summed E-state index contributed by atoms with van der Waals surface area (Å²) in [6.45, 7) is 6.54. The van der Waals surface area contributed by atoms with Gasteiger partial charge < -0.3 is 5.73 Å². The van der Waals surface area contributed by atoms with Crippen LogP contribution in [0.3, 0.4) is 0 Å². The second kappa shape index (κ2) is 5.02. The van der Waals surface area contributed by atoms with Crippen LogP contribution >= 0.6 is 0 Å². The highest BCUT2D eigenvalue weighted by molar-refractivity contribution is 5.05. The molecular weight excluding hydrogens is 224 g/mol. The summed E-state index contributed by atoms with van der Waals surface area (Å²) >= 11 is 0. The molecule has 18 heavy (non-hydrogen) atoms. The Morgan fingerprint density at radius 3 is 3.00 bits per heavy atom. The quantitative estimate of drug-likeness (QED) is 0.881. The van der Waals surface area contributed by atoms with E-state index < -0.39 is 0 Å². The molecule has 4 heteroatoms. The van der Waals surface area contributed by atoms with Crippen molar-refractivity contribution in [1.29, 1.82) is 0 Å².